The van der Waals surface area contributed by atoms with Crippen LogP contribution in [0.3, 0.4) is 0 Å². The molecule has 1 aliphatic heterocycles. The molecule has 24 heavy (non-hydrogen) atoms. The lowest BCUT2D eigenvalue weighted by Gasteiger charge is -2.24. The third kappa shape index (κ3) is 2.69. The number of carboxylic acids is 1. The Hall–Kier alpha value is -2.59. The van der Waals surface area contributed by atoms with Gasteiger partial charge in [-0.2, -0.15) is 0 Å². The first-order valence-electron chi connectivity index (χ1n) is 8.34. The van der Waals surface area contributed by atoms with Crippen molar-refractivity contribution in [3.63, 3.8) is 0 Å². The van der Waals surface area contributed by atoms with Crippen LogP contribution in [0.4, 0.5) is 0 Å². The molecule has 0 saturated carbocycles. The van der Waals surface area contributed by atoms with E-state index >= 15 is 0 Å². The smallest absolute Gasteiger partial charge is 0.335 e. The number of H-pyrrole nitrogens is 1. The molecule has 4 nitrogen and oxygen atoms in total. The topological polar surface area (TPSA) is 56.3 Å². The zero-order chi connectivity index (χ0) is 16.5. The number of aromatic amines is 1. The fraction of sp³-hybridized carbons (Fsp3) is 0.250. The van der Waals surface area contributed by atoms with Crippen LogP contribution in [0, 0.1) is 0 Å². The van der Waals surface area contributed by atoms with Crippen molar-refractivity contribution in [3.05, 3.63) is 71.4 Å². The minimum Gasteiger partial charge on any atom is -0.478 e. The summed E-state index contributed by atoms with van der Waals surface area (Å²) in [6.07, 6.45) is 4.38. The van der Waals surface area contributed by atoms with Crippen LogP contribution in [0.1, 0.15) is 40.4 Å². The van der Waals surface area contributed by atoms with E-state index in [-0.39, 0.29) is 0 Å². The molecule has 2 N–H and O–H groups in total. The average Bonchev–Trinajstić information content (AvgIpc) is 3.21. The van der Waals surface area contributed by atoms with Crippen LogP contribution in [-0.4, -0.2) is 27.5 Å². The highest BCUT2D eigenvalue weighted by atomic mass is 16.4. The lowest BCUT2D eigenvalue weighted by Crippen LogP contribution is -2.22. The van der Waals surface area contributed by atoms with E-state index in [4.69, 9.17) is 5.11 Å². The van der Waals surface area contributed by atoms with E-state index in [0.717, 1.165) is 30.4 Å². The molecule has 0 aliphatic carbocycles. The van der Waals surface area contributed by atoms with Gasteiger partial charge in [-0.3, -0.25) is 4.90 Å². The van der Waals surface area contributed by atoms with Gasteiger partial charge in [0.2, 0.25) is 0 Å². The van der Waals surface area contributed by atoms with E-state index in [1.54, 1.807) is 12.1 Å². The lowest BCUT2D eigenvalue weighted by atomic mass is 10.0. The summed E-state index contributed by atoms with van der Waals surface area (Å²) in [6.45, 7) is 2.05. The first-order chi connectivity index (χ1) is 11.7. The highest BCUT2D eigenvalue weighted by molar-refractivity contribution is 5.94. The van der Waals surface area contributed by atoms with Crippen molar-refractivity contribution in [1.29, 1.82) is 0 Å². The second kappa shape index (κ2) is 6.13. The van der Waals surface area contributed by atoms with Crippen molar-refractivity contribution in [2.24, 2.45) is 0 Å². The number of carboxylic acid groups (broad SMARTS) is 1. The number of nitrogens with one attached hydrogen (secondary N) is 1. The fourth-order valence-electron chi connectivity index (χ4n) is 3.74. The predicted octanol–water partition coefficient (Wildman–Crippen LogP) is 4.20. The van der Waals surface area contributed by atoms with Crippen molar-refractivity contribution in [1.82, 2.24) is 9.88 Å². The molecule has 1 aliphatic rings. The quantitative estimate of drug-likeness (QED) is 0.757. The third-order valence-corrected chi connectivity index (χ3v) is 4.91. The maximum Gasteiger partial charge on any atom is 0.335 e. The second-order valence-corrected chi connectivity index (χ2v) is 6.42. The monoisotopic (exact) mass is 320 g/mol. The van der Waals surface area contributed by atoms with Crippen LogP contribution in [0.2, 0.25) is 0 Å². The minimum absolute atomic E-state index is 0.323. The molecule has 1 atom stereocenters. The number of hydrogen-bond acceptors (Lipinski definition) is 2. The molecule has 0 bridgehead atoms. The largest absolute Gasteiger partial charge is 0.478 e. The van der Waals surface area contributed by atoms with Crippen molar-refractivity contribution in [2.45, 2.75) is 25.4 Å². The van der Waals surface area contributed by atoms with Crippen molar-refractivity contribution in [3.8, 4) is 0 Å². The Bertz CT molecular complexity index is 870. The number of fused-ring (bicyclic) bond motifs is 1. The summed E-state index contributed by atoms with van der Waals surface area (Å²) in [5.74, 6) is -0.889. The Balaban J connectivity index is 1.64. The van der Waals surface area contributed by atoms with Gasteiger partial charge in [-0.15, -0.1) is 0 Å². The molecule has 4 heteroatoms. The van der Waals surface area contributed by atoms with E-state index in [2.05, 4.69) is 34.1 Å². The zero-order valence-electron chi connectivity index (χ0n) is 13.4. The van der Waals surface area contributed by atoms with Gasteiger partial charge in [-0.1, -0.05) is 36.4 Å². The number of benzene rings is 2. The van der Waals surface area contributed by atoms with Gasteiger partial charge in [0, 0.05) is 29.7 Å². The summed E-state index contributed by atoms with van der Waals surface area (Å²) >= 11 is 0. The van der Waals surface area contributed by atoms with Crippen molar-refractivity contribution < 1.29 is 9.90 Å². The molecular formula is C20H20N2O2. The van der Waals surface area contributed by atoms with E-state index in [9.17, 15) is 4.79 Å². The van der Waals surface area contributed by atoms with Crippen LogP contribution >= 0.6 is 0 Å². The van der Waals surface area contributed by atoms with Crippen LogP contribution in [0.15, 0.2) is 54.7 Å². The maximum absolute atomic E-state index is 11.1. The Kier molecular flexibility index (Phi) is 3.82. The summed E-state index contributed by atoms with van der Waals surface area (Å²) in [5, 5.41) is 10.3. The van der Waals surface area contributed by atoms with Crippen LogP contribution in [0.25, 0.3) is 10.9 Å². The van der Waals surface area contributed by atoms with Gasteiger partial charge in [-0.05, 0) is 42.6 Å². The summed E-state index contributed by atoms with van der Waals surface area (Å²) in [5.41, 5.74) is 3.83. The molecule has 0 spiro atoms. The summed E-state index contributed by atoms with van der Waals surface area (Å²) in [6, 6.07) is 16.3. The molecule has 2 heterocycles. The van der Waals surface area contributed by atoms with Crippen molar-refractivity contribution >= 4 is 16.9 Å². The summed E-state index contributed by atoms with van der Waals surface area (Å²) in [4.78, 5) is 16.9. The number of aromatic nitrogens is 1. The van der Waals surface area contributed by atoms with E-state index < -0.39 is 5.97 Å². The number of nitrogens with zero attached hydrogens (tertiary/aromatic N) is 1. The molecule has 122 valence electrons. The Labute approximate surface area is 140 Å². The molecular weight excluding hydrogens is 300 g/mol. The average molecular weight is 320 g/mol. The normalized spacial score (nSPS) is 18.2. The first kappa shape index (κ1) is 15.0. The standard InChI is InChI=1S/C20H20N2O2/c23-20(24)15-8-9-16-17(12-21-18(16)11-15)19-7-4-10-22(19)13-14-5-2-1-3-6-14/h1-3,5-6,8-9,11-12,19,21H,4,7,10,13H2,(H,23,24). The maximum atomic E-state index is 11.1. The molecule has 2 aromatic carbocycles. The SMILES string of the molecule is O=C(O)c1ccc2c(C3CCCN3Cc3ccccc3)c[nH]c2c1. The molecule has 3 aromatic rings. The minimum atomic E-state index is -0.889. The van der Waals surface area contributed by atoms with E-state index in [1.807, 2.05) is 18.3 Å². The van der Waals surface area contributed by atoms with Gasteiger partial charge < -0.3 is 10.1 Å². The first-order valence-corrected chi connectivity index (χ1v) is 8.34. The molecule has 4 rings (SSSR count). The highest BCUT2D eigenvalue weighted by Gasteiger charge is 2.28. The molecule has 0 radical (unpaired) electrons. The van der Waals surface area contributed by atoms with Gasteiger partial charge in [0.1, 0.15) is 0 Å². The summed E-state index contributed by atoms with van der Waals surface area (Å²) in [7, 11) is 0. The number of carbonyl (C=O) groups is 1. The van der Waals surface area contributed by atoms with E-state index in [0.29, 0.717) is 11.6 Å². The number of hydrogen-bond donors (Lipinski definition) is 2. The van der Waals surface area contributed by atoms with Gasteiger partial charge in [-0.25, -0.2) is 4.79 Å². The van der Waals surface area contributed by atoms with Crippen LogP contribution in [0.5, 0.6) is 0 Å². The van der Waals surface area contributed by atoms with Gasteiger partial charge in [0.25, 0.3) is 0 Å². The van der Waals surface area contributed by atoms with Gasteiger partial charge in [0.05, 0.1) is 5.56 Å². The zero-order valence-corrected chi connectivity index (χ0v) is 13.4. The number of aromatic carboxylic acids is 1. The molecule has 1 saturated heterocycles. The number of rotatable bonds is 4. The number of likely N-dealkylation sites (tertiary alicyclic amines) is 1. The predicted molar refractivity (Wildman–Crippen MR) is 94.1 cm³/mol. The second-order valence-electron chi connectivity index (χ2n) is 6.42. The van der Waals surface area contributed by atoms with E-state index in [1.165, 1.54) is 17.5 Å². The molecule has 1 fully saturated rings. The van der Waals surface area contributed by atoms with Gasteiger partial charge in [0.15, 0.2) is 0 Å². The Morgan fingerprint density at radius 1 is 1.21 bits per heavy atom. The molecule has 1 unspecified atom stereocenters. The van der Waals surface area contributed by atoms with Gasteiger partial charge >= 0.3 is 5.97 Å². The van der Waals surface area contributed by atoms with Crippen LogP contribution in [-0.2, 0) is 6.54 Å². The lowest BCUT2D eigenvalue weighted by molar-refractivity contribution is 0.0697. The third-order valence-electron chi connectivity index (χ3n) is 4.91. The fourth-order valence-corrected chi connectivity index (χ4v) is 3.74. The van der Waals surface area contributed by atoms with Crippen LogP contribution < -0.4 is 0 Å². The highest BCUT2D eigenvalue weighted by Crippen LogP contribution is 2.37. The molecule has 1 aromatic heterocycles. The Morgan fingerprint density at radius 2 is 2.04 bits per heavy atom. The molecule has 0 amide bonds. The Morgan fingerprint density at radius 3 is 2.83 bits per heavy atom. The summed E-state index contributed by atoms with van der Waals surface area (Å²) < 4.78 is 0. The van der Waals surface area contributed by atoms with Crippen molar-refractivity contribution in [2.75, 3.05) is 6.54 Å².